The molecule has 1 rings (SSSR count). The predicted octanol–water partition coefficient (Wildman–Crippen LogP) is 0.995. The van der Waals surface area contributed by atoms with E-state index in [1.165, 1.54) is 0 Å². The molecule has 112 valence electrons. The number of halogens is 2. The Morgan fingerprint density at radius 1 is 1.35 bits per heavy atom. The van der Waals surface area contributed by atoms with E-state index >= 15 is 0 Å². The minimum Gasteiger partial charge on any atom is -0.399 e. The molecule has 1 aromatic rings. The Balaban J connectivity index is 2.72. The number of hydrogen-bond acceptors (Lipinski definition) is 4. The molecule has 9 heteroatoms. The van der Waals surface area contributed by atoms with Crippen molar-refractivity contribution < 1.29 is 17.6 Å². The average molecular weight is 324 g/mol. The number of carbonyl (C=O) groups excluding carboxylic acids is 1. The minimum absolute atomic E-state index is 0.0468. The Morgan fingerprint density at radius 3 is 2.60 bits per heavy atom. The summed E-state index contributed by atoms with van der Waals surface area (Å²) in [4.78, 5) is 9.91. The third-order valence-electron chi connectivity index (χ3n) is 2.45. The number of carbonyl (C=O) groups is 1. The molecule has 0 fully saturated rings. The minimum atomic E-state index is -4.04. The lowest BCUT2D eigenvalue weighted by Gasteiger charge is -2.09. The summed E-state index contributed by atoms with van der Waals surface area (Å²) in [6, 6.07) is 2.12. The molecule has 0 aliphatic rings. The molecule has 0 saturated carbocycles. The summed E-state index contributed by atoms with van der Waals surface area (Å²) in [6.07, 6.45) is 1.01. The van der Waals surface area contributed by atoms with Gasteiger partial charge in [0.2, 0.25) is 15.9 Å². The smallest absolute Gasteiger partial charge is 0.243 e. The maximum absolute atomic E-state index is 13.7. The highest BCUT2D eigenvalue weighted by Gasteiger charge is 2.21. The molecule has 0 aliphatic heterocycles. The summed E-state index contributed by atoms with van der Waals surface area (Å²) in [7, 11) is -4.04. The van der Waals surface area contributed by atoms with Gasteiger partial charge in [0.05, 0.1) is 5.02 Å². The number of primary amides is 1. The van der Waals surface area contributed by atoms with Crippen molar-refractivity contribution in [3.8, 4) is 0 Å². The van der Waals surface area contributed by atoms with Crippen LogP contribution < -0.4 is 16.2 Å². The van der Waals surface area contributed by atoms with Gasteiger partial charge in [0.25, 0.3) is 0 Å². The molecule has 1 amide bonds. The summed E-state index contributed by atoms with van der Waals surface area (Å²) in [6.45, 7) is 0.0570. The maximum atomic E-state index is 13.7. The zero-order valence-electron chi connectivity index (χ0n) is 10.5. The van der Waals surface area contributed by atoms with Gasteiger partial charge in [-0.1, -0.05) is 11.6 Å². The highest BCUT2D eigenvalue weighted by Crippen LogP contribution is 2.25. The van der Waals surface area contributed by atoms with E-state index in [1.54, 1.807) is 0 Å². The van der Waals surface area contributed by atoms with Gasteiger partial charge in [-0.3, -0.25) is 4.79 Å². The maximum Gasteiger partial charge on any atom is 0.243 e. The topological polar surface area (TPSA) is 115 Å². The Labute approximate surface area is 121 Å². The van der Waals surface area contributed by atoms with E-state index in [0.29, 0.717) is 12.8 Å². The largest absolute Gasteiger partial charge is 0.399 e. The van der Waals surface area contributed by atoms with Crippen LogP contribution in [0.3, 0.4) is 0 Å². The van der Waals surface area contributed by atoms with Crippen LogP contribution >= 0.6 is 11.6 Å². The number of nitrogens with one attached hydrogen (secondary N) is 1. The van der Waals surface area contributed by atoms with Crippen LogP contribution in [0, 0.1) is 5.82 Å². The lowest BCUT2D eigenvalue weighted by molar-refractivity contribution is -0.118. The molecule has 0 unspecified atom stereocenters. The van der Waals surface area contributed by atoms with E-state index in [4.69, 9.17) is 23.1 Å². The number of hydrogen-bond donors (Lipinski definition) is 3. The van der Waals surface area contributed by atoms with E-state index in [2.05, 4.69) is 4.72 Å². The molecule has 0 atom stereocenters. The molecule has 20 heavy (non-hydrogen) atoms. The molecule has 0 spiro atoms. The fourth-order valence-corrected chi connectivity index (χ4v) is 2.98. The van der Waals surface area contributed by atoms with Crippen LogP contribution in [0.5, 0.6) is 0 Å². The molecule has 0 radical (unpaired) electrons. The summed E-state index contributed by atoms with van der Waals surface area (Å²) in [5.41, 5.74) is 10.4. The summed E-state index contributed by atoms with van der Waals surface area (Å²) >= 11 is 5.55. The first kappa shape index (κ1) is 16.7. The first-order valence-corrected chi connectivity index (χ1v) is 7.62. The molecule has 0 bridgehead atoms. The summed E-state index contributed by atoms with van der Waals surface area (Å²) in [5.74, 6) is -1.51. The van der Waals surface area contributed by atoms with Crippen LogP contribution in [0.2, 0.25) is 5.02 Å². The van der Waals surface area contributed by atoms with Crippen molar-refractivity contribution in [2.75, 3.05) is 12.3 Å². The third-order valence-corrected chi connectivity index (χ3v) is 4.18. The molecule has 0 heterocycles. The van der Waals surface area contributed by atoms with Crippen LogP contribution in [0.4, 0.5) is 10.1 Å². The first-order chi connectivity index (χ1) is 9.24. The lowest BCUT2D eigenvalue weighted by atomic mass is 10.2. The quantitative estimate of drug-likeness (QED) is 0.512. The van der Waals surface area contributed by atoms with Crippen molar-refractivity contribution in [1.82, 2.24) is 4.72 Å². The second kappa shape index (κ2) is 6.87. The second-order valence-electron chi connectivity index (χ2n) is 4.14. The van der Waals surface area contributed by atoms with Crippen molar-refractivity contribution in [2.45, 2.75) is 24.2 Å². The van der Waals surface area contributed by atoms with Gasteiger partial charge in [0.15, 0.2) is 5.82 Å². The van der Waals surface area contributed by atoms with Crippen LogP contribution in [0.1, 0.15) is 19.3 Å². The van der Waals surface area contributed by atoms with Gasteiger partial charge in [-0.05, 0) is 25.0 Å². The predicted molar refractivity (Wildman–Crippen MR) is 74.1 cm³/mol. The van der Waals surface area contributed by atoms with Gasteiger partial charge in [0, 0.05) is 18.7 Å². The van der Waals surface area contributed by atoms with Crippen LogP contribution in [-0.4, -0.2) is 20.9 Å². The normalized spacial score (nSPS) is 11.5. The van der Waals surface area contributed by atoms with Crippen molar-refractivity contribution in [3.05, 3.63) is 23.0 Å². The lowest BCUT2D eigenvalue weighted by Crippen LogP contribution is -2.26. The van der Waals surface area contributed by atoms with Gasteiger partial charge in [-0.2, -0.15) is 0 Å². The fraction of sp³-hybridized carbons (Fsp3) is 0.364. The monoisotopic (exact) mass is 323 g/mol. The number of amides is 1. The Morgan fingerprint density at radius 2 is 2.00 bits per heavy atom. The Kier molecular flexibility index (Phi) is 5.73. The zero-order valence-corrected chi connectivity index (χ0v) is 12.1. The Hall–Kier alpha value is -1.38. The van der Waals surface area contributed by atoms with Crippen LogP contribution in [-0.2, 0) is 14.8 Å². The molecule has 0 aliphatic carbocycles. The van der Waals surface area contributed by atoms with E-state index in [-0.39, 0.29) is 23.7 Å². The molecule has 0 saturated heterocycles. The standard InChI is InChI=1S/C11H15ClFN3O3S/c12-8-5-7(14)6-9(11(8)13)20(18,19)16-4-2-1-3-10(15)17/h5-6,16H,1-4,14H2,(H2,15,17). The van der Waals surface area contributed by atoms with E-state index in [1.807, 2.05) is 0 Å². The van der Waals surface area contributed by atoms with Crippen molar-refractivity contribution >= 4 is 33.2 Å². The summed E-state index contributed by atoms with van der Waals surface area (Å²) in [5, 5.41) is -0.362. The number of anilines is 1. The highest BCUT2D eigenvalue weighted by atomic mass is 35.5. The van der Waals surface area contributed by atoms with Gasteiger partial charge >= 0.3 is 0 Å². The molecule has 1 aromatic carbocycles. The van der Waals surface area contributed by atoms with Crippen molar-refractivity contribution in [2.24, 2.45) is 5.73 Å². The first-order valence-electron chi connectivity index (χ1n) is 5.76. The molecular formula is C11H15ClFN3O3S. The van der Waals surface area contributed by atoms with Gasteiger partial charge in [-0.25, -0.2) is 17.5 Å². The number of rotatable bonds is 7. The SMILES string of the molecule is NC(=O)CCCCNS(=O)(=O)c1cc(N)cc(Cl)c1F. The molecule has 5 N–H and O–H groups in total. The van der Waals surface area contributed by atoms with Crippen LogP contribution in [0.15, 0.2) is 17.0 Å². The average Bonchev–Trinajstić information content (AvgIpc) is 2.32. The Bertz CT molecular complexity index is 607. The number of nitrogens with two attached hydrogens (primary N) is 2. The molecule has 0 aromatic heterocycles. The number of sulfonamides is 1. The van der Waals surface area contributed by atoms with Gasteiger partial charge in [0.1, 0.15) is 4.90 Å². The van der Waals surface area contributed by atoms with Crippen molar-refractivity contribution in [3.63, 3.8) is 0 Å². The number of unbranched alkanes of at least 4 members (excludes halogenated alkanes) is 1. The third kappa shape index (κ3) is 4.62. The number of nitrogen functional groups attached to an aromatic ring is 1. The van der Waals surface area contributed by atoms with Gasteiger partial charge < -0.3 is 11.5 Å². The van der Waals surface area contributed by atoms with E-state index < -0.39 is 26.6 Å². The molecule has 6 nitrogen and oxygen atoms in total. The highest BCUT2D eigenvalue weighted by molar-refractivity contribution is 7.89. The number of benzene rings is 1. The van der Waals surface area contributed by atoms with E-state index in [0.717, 1.165) is 12.1 Å². The van der Waals surface area contributed by atoms with Crippen LogP contribution in [0.25, 0.3) is 0 Å². The second-order valence-corrected chi connectivity index (χ2v) is 6.28. The fourth-order valence-electron chi connectivity index (χ4n) is 1.49. The zero-order chi connectivity index (χ0) is 15.3. The van der Waals surface area contributed by atoms with Crippen molar-refractivity contribution in [1.29, 1.82) is 0 Å². The summed E-state index contributed by atoms with van der Waals surface area (Å²) < 4.78 is 39.7. The van der Waals surface area contributed by atoms with Gasteiger partial charge in [-0.15, -0.1) is 0 Å². The van der Waals surface area contributed by atoms with E-state index in [9.17, 15) is 17.6 Å². The molecular weight excluding hydrogens is 309 g/mol.